The van der Waals surface area contributed by atoms with Gasteiger partial charge in [0.15, 0.2) is 0 Å². The third kappa shape index (κ3) is 3.77. The Labute approximate surface area is 104 Å². The predicted molar refractivity (Wildman–Crippen MR) is 64.5 cm³/mol. The van der Waals surface area contributed by atoms with Crippen LogP contribution in [-0.2, 0) is 9.53 Å². The highest BCUT2D eigenvalue weighted by Crippen LogP contribution is 2.28. The van der Waals surface area contributed by atoms with Gasteiger partial charge in [-0.15, -0.1) is 11.8 Å². The molecule has 0 bridgehead atoms. The fourth-order valence-electron chi connectivity index (χ4n) is 1.27. The molecule has 0 fully saturated rings. The molecule has 0 spiro atoms. The molecule has 5 heteroatoms. The first kappa shape index (κ1) is 13.6. The van der Waals surface area contributed by atoms with Gasteiger partial charge in [0.2, 0.25) is 0 Å². The fourth-order valence-corrected chi connectivity index (χ4v) is 2.28. The summed E-state index contributed by atoms with van der Waals surface area (Å²) in [6.07, 6.45) is -0.636. The van der Waals surface area contributed by atoms with Crippen LogP contribution in [0.5, 0.6) is 0 Å². The van der Waals surface area contributed by atoms with Crippen LogP contribution in [-0.4, -0.2) is 23.9 Å². The minimum Gasteiger partial charge on any atom is -0.468 e. The Bertz CT molecular complexity index is 452. The molecule has 0 aliphatic rings. The van der Waals surface area contributed by atoms with Gasteiger partial charge in [-0.2, -0.15) is 5.26 Å². The van der Waals surface area contributed by atoms with E-state index >= 15 is 0 Å². The molecule has 17 heavy (non-hydrogen) atoms. The first-order valence-electron chi connectivity index (χ1n) is 5.00. The highest BCUT2D eigenvalue weighted by atomic mass is 32.2. The lowest BCUT2D eigenvalue weighted by Gasteiger charge is -2.11. The van der Waals surface area contributed by atoms with Crippen LogP contribution >= 0.6 is 11.8 Å². The van der Waals surface area contributed by atoms with Gasteiger partial charge in [-0.1, -0.05) is 6.07 Å². The van der Waals surface area contributed by atoms with Crippen LogP contribution in [0.15, 0.2) is 23.1 Å². The second-order valence-electron chi connectivity index (χ2n) is 3.41. The normalized spacial score (nSPS) is 11.6. The van der Waals surface area contributed by atoms with Gasteiger partial charge in [0, 0.05) is 4.90 Å². The summed E-state index contributed by atoms with van der Waals surface area (Å²) >= 11 is 1.25. The molecule has 4 nitrogen and oxygen atoms in total. The summed E-state index contributed by atoms with van der Waals surface area (Å²) in [5.74, 6) is -0.181. The molecule has 0 aliphatic heterocycles. The first-order valence-corrected chi connectivity index (χ1v) is 5.98. The Morgan fingerprint density at radius 3 is 2.88 bits per heavy atom. The molecule has 1 N–H and O–H groups in total. The molecule has 0 saturated heterocycles. The van der Waals surface area contributed by atoms with Crippen molar-refractivity contribution in [2.75, 3.05) is 12.9 Å². The lowest BCUT2D eigenvalue weighted by atomic mass is 10.1. The molecule has 1 aromatic carbocycles. The zero-order valence-corrected chi connectivity index (χ0v) is 10.5. The van der Waals surface area contributed by atoms with E-state index in [0.29, 0.717) is 11.1 Å². The Morgan fingerprint density at radius 1 is 1.65 bits per heavy atom. The predicted octanol–water partition coefficient (Wildman–Crippen LogP) is 1.88. The van der Waals surface area contributed by atoms with Gasteiger partial charge >= 0.3 is 5.97 Å². The lowest BCUT2D eigenvalue weighted by Crippen LogP contribution is -2.04. The molecule has 1 aromatic rings. The second-order valence-corrected chi connectivity index (χ2v) is 4.42. The van der Waals surface area contributed by atoms with Gasteiger partial charge in [-0.05, 0) is 24.6 Å². The van der Waals surface area contributed by atoms with Crippen LogP contribution in [0.2, 0.25) is 0 Å². The van der Waals surface area contributed by atoms with Gasteiger partial charge < -0.3 is 9.84 Å². The molecule has 0 radical (unpaired) electrons. The molecular formula is C12H13NO3S. The van der Waals surface area contributed by atoms with Gasteiger partial charge in [-0.25, -0.2) is 0 Å². The van der Waals surface area contributed by atoms with E-state index in [9.17, 15) is 9.90 Å². The maximum Gasteiger partial charge on any atom is 0.315 e. The van der Waals surface area contributed by atoms with Gasteiger partial charge in [0.1, 0.15) is 0 Å². The number of aliphatic hydroxyl groups excluding tert-OH is 1. The van der Waals surface area contributed by atoms with Crippen molar-refractivity contribution in [3.8, 4) is 6.07 Å². The van der Waals surface area contributed by atoms with E-state index in [1.807, 2.05) is 6.07 Å². The SMILES string of the molecule is COC(=O)CSc1cc(C#N)ccc1[C@H](C)O. The van der Waals surface area contributed by atoms with Crippen molar-refractivity contribution in [1.82, 2.24) is 0 Å². The number of thioether (sulfide) groups is 1. The zero-order chi connectivity index (χ0) is 12.8. The zero-order valence-electron chi connectivity index (χ0n) is 9.64. The van der Waals surface area contributed by atoms with Crippen molar-refractivity contribution in [2.45, 2.75) is 17.9 Å². The molecule has 0 heterocycles. The van der Waals surface area contributed by atoms with E-state index in [1.54, 1.807) is 25.1 Å². The average Bonchev–Trinajstić information content (AvgIpc) is 2.35. The van der Waals surface area contributed by atoms with E-state index in [4.69, 9.17) is 5.26 Å². The van der Waals surface area contributed by atoms with Crippen molar-refractivity contribution in [1.29, 1.82) is 5.26 Å². The second kappa shape index (κ2) is 6.28. The summed E-state index contributed by atoms with van der Waals surface area (Å²) < 4.78 is 4.54. The number of carbonyl (C=O) groups excluding carboxylic acids is 1. The maximum atomic E-state index is 11.1. The number of ether oxygens (including phenoxy) is 1. The van der Waals surface area contributed by atoms with E-state index < -0.39 is 6.10 Å². The quantitative estimate of drug-likeness (QED) is 0.653. The molecule has 1 rings (SSSR count). The molecular weight excluding hydrogens is 238 g/mol. The summed E-state index contributed by atoms with van der Waals surface area (Å²) in [6.45, 7) is 1.64. The topological polar surface area (TPSA) is 70.3 Å². The lowest BCUT2D eigenvalue weighted by molar-refractivity contribution is -0.137. The van der Waals surface area contributed by atoms with Crippen molar-refractivity contribution < 1.29 is 14.6 Å². The van der Waals surface area contributed by atoms with Crippen molar-refractivity contribution in [3.63, 3.8) is 0 Å². The summed E-state index contributed by atoms with van der Waals surface area (Å²) in [6, 6.07) is 7.03. The summed E-state index contributed by atoms with van der Waals surface area (Å²) in [4.78, 5) is 11.8. The number of methoxy groups -OCH3 is 1. The van der Waals surface area contributed by atoms with Crippen molar-refractivity contribution in [3.05, 3.63) is 29.3 Å². The first-order chi connectivity index (χ1) is 8.08. The van der Waals surface area contributed by atoms with Gasteiger partial charge in [0.25, 0.3) is 0 Å². The number of benzene rings is 1. The molecule has 0 aliphatic carbocycles. The number of carbonyl (C=O) groups is 1. The number of esters is 1. The number of nitrogens with zero attached hydrogens (tertiary/aromatic N) is 1. The Kier molecular flexibility index (Phi) is 5.01. The van der Waals surface area contributed by atoms with Gasteiger partial charge in [0.05, 0.1) is 30.6 Å². The minimum atomic E-state index is -0.636. The van der Waals surface area contributed by atoms with Crippen LogP contribution < -0.4 is 0 Å². The van der Waals surface area contributed by atoms with Crippen LogP contribution in [0.3, 0.4) is 0 Å². The summed E-state index contributed by atoms with van der Waals surface area (Å²) in [5, 5.41) is 18.4. The van der Waals surface area contributed by atoms with Crippen LogP contribution in [0.4, 0.5) is 0 Å². The van der Waals surface area contributed by atoms with Crippen LogP contribution in [0.25, 0.3) is 0 Å². The van der Waals surface area contributed by atoms with E-state index in [1.165, 1.54) is 18.9 Å². The number of nitriles is 1. The largest absolute Gasteiger partial charge is 0.468 e. The highest BCUT2D eigenvalue weighted by Gasteiger charge is 2.11. The number of rotatable bonds is 4. The highest BCUT2D eigenvalue weighted by molar-refractivity contribution is 8.00. The standard InChI is InChI=1S/C12H13NO3S/c1-8(14)10-4-3-9(6-13)5-11(10)17-7-12(15)16-2/h3-5,8,14H,7H2,1-2H3/t8-/m0/s1. The molecule has 0 saturated carbocycles. The van der Waals surface area contributed by atoms with E-state index in [0.717, 1.165) is 4.90 Å². The van der Waals surface area contributed by atoms with Crippen LogP contribution in [0.1, 0.15) is 24.2 Å². The Balaban J connectivity index is 2.94. The van der Waals surface area contributed by atoms with Crippen molar-refractivity contribution >= 4 is 17.7 Å². The molecule has 0 amide bonds. The molecule has 0 aromatic heterocycles. The smallest absolute Gasteiger partial charge is 0.315 e. The third-order valence-electron chi connectivity index (χ3n) is 2.17. The Hall–Kier alpha value is -1.51. The summed E-state index contributed by atoms with van der Waals surface area (Å²) in [7, 11) is 1.32. The Morgan fingerprint density at radius 2 is 2.35 bits per heavy atom. The van der Waals surface area contributed by atoms with E-state index in [-0.39, 0.29) is 11.7 Å². The number of hydrogen-bond donors (Lipinski definition) is 1. The molecule has 90 valence electrons. The fraction of sp³-hybridized carbons (Fsp3) is 0.333. The van der Waals surface area contributed by atoms with Crippen LogP contribution in [0, 0.1) is 11.3 Å². The average molecular weight is 251 g/mol. The summed E-state index contributed by atoms with van der Waals surface area (Å²) in [5.41, 5.74) is 1.21. The molecule has 1 atom stereocenters. The minimum absolute atomic E-state index is 0.158. The molecule has 0 unspecified atom stereocenters. The monoisotopic (exact) mass is 251 g/mol. The van der Waals surface area contributed by atoms with E-state index in [2.05, 4.69) is 4.74 Å². The maximum absolute atomic E-state index is 11.1. The number of aliphatic hydroxyl groups is 1. The third-order valence-corrected chi connectivity index (χ3v) is 3.21. The van der Waals surface area contributed by atoms with Gasteiger partial charge in [-0.3, -0.25) is 4.79 Å². The van der Waals surface area contributed by atoms with Crippen molar-refractivity contribution in [2.24, 2.45) is 0 Å². The number of hydrogen-bond acceptors (Lipinski definition) is 5.